The standard InChI is InChI=1S/C6H16Si.CH4.I2/c1-6(2)7(3,4)5;;1-2/h6H,1-5H3;1H4;. The van der Waals surface area contributed by atoms with E-state index in [4.69, 9.17) is 0 Å². The summed E-state index contributed by atoms with van der Waals surface area (Å²) in [4.78, 5) is 0. The molecule has 0 aromatic rings. The van der Waals surface area contributed by atoms with Crippen LogP contribution >= 0.6 is 37.2 Å². The molecule has 0 aromatic heterocycles. The summed E-state index contributed by atoms with van der Waals surface area (Å²) in [5.41, 5.74) is 0.937. The summed E-state index contributed by atoms with van der Waals surface area (Å²) in [5, 5.41) is 0. The van der Waals surface area contributed by atoms with E-state index in [-0.39, 0.29) is 7.43 Å². The highest BCUT2D eigenvalue weighted by atomic mass is 128. The lowest BCUT2D eigenvalue weighted by Gasteiger charge is -2.19. The number of hydrogen-bond acceptors (Lipinski definition) is 0. The van der Waals surface area contributed by atoms with Crippen LogP contribution in [0.4, 0.5) is 0 Å². The summed E-state index contributed by atoms with van der Waals surface area (Å²) in [6.45, 7) is 11.8. The molecule has 0 N–H and O–H groups in total. The highest BCUT2D eigenvalue weighted by Gasteiger charge is 2.16. The lowest BCUT2D eigenvalue weighted by atomic mass is 10.6. The SMILES string of the molecule is C.CC(C)[Si](C)(C)C.II. The molecule has 0 aliphatic rings. The molecule has 66 valence electrons. The molecule has 0 atom stereocenters. The van der Waals surface area contributed by atoms with E-state index in [0.29, 0.717) is 0 Å². The van der Waals surface area contributed by atoms with Gasteiger partial charge in [-0.05, 0) is 0 Å². The summed E-state index contributed by atoms with van der Waals surface area (Å²) in [6, 6.07) is 0. The van der Waals surface area contributed by atoms with Gasteiger partial charge in [0.1, 0.15) is 0 Å². The minimum Gasteiger partial charge on any atom is -0.0776 e. The number of halogens is 2. The fourth-order valence-electron chi connectivity index (χ4n) is 0. The summed E-state index contributed by atoms with van der Waals surface area (Å²) in [7, 11) is -0.735. The van der Waals surface area contributed by atoms with Crippen molar-refractivity contribution in [3.63, 3.8) is 0 Å². The van der Waals surface area contributed by atoms with E-state index in [9.17, 15) is 0 Å². The summed E-state index contributed by atoms with van der Waals surface area (Å²) in [5.74, 6) is 0. The topological polar surface area (TPSA) is 0 Å². The van der Waals surface area contributed by atoms with Gasteiger partial charge in [0.05, 0.1) is 0 Å². The predicted molar refractivity (Wildman–Crippen MR) is 73.2 cm³/mol. The van der Waals surface area contributed by atoms with Crippen LogP contribution in [0.3, 0.4) is 0 Å². The van der Waals surface area contributed by atoms with E-state index in [1.165, 1.54) is 0 Å². The van der Waals surface area contributed by atoms with Crippen molar-refractivity contribution in [2.45, 2.75) is 46.5 Å². The maximum Gasteiger partial charge on any atom is 0.0468 e. The Labute approximate surface area is 90.9 Å². The van der Waals surface area contributed by atoms with Crippen LogP contribution in [0.25, 0.3) is 0 Å². The van der Waals surface area contributed by atoms with Gasteiger partial charge in [-0.1, -0.05) is 46.5 Å². The van der Waals surface area contributed by atoms with Gasteiger partial charge in [0, 0.05) is 45.3 Å². The minimum absolute atomic E-state index is 0. The quantitative estimate of drug-likeness (QED) is 0.433. The van der Waals surface area contributed by atoms with E-state index in [1.54, 1.807) is 0 Å². The first-order valence-corrected chi connectivity index (χ1v) is 12.9. The zero-order chi connectivity index (χ0) is 8.08. The van der Waals surface area contributed by atoms with Gasteiger partial charge in [0.15, 0.2) is 0 Å². The van der Waals surface area contributed by atoms with Crippen LogP contribution in [0.5, 0.6) is 0 Å². The summed E-state index contributed by atoms with van der Waals surface area (Å²) < 4.78 is 0. The Balaban J connectivity index is -0.000000149. The molecule has 0 aliphatic heterocycles. The van der Waals surface area contributed by atoms with Crippen molar-refractivity contribution in [2.75, 3.05) is 0 Å². The average molecular weight is 386 g/mol. The van der Waals surface area contributed by atoms with Gasteiger partial charge in [0.25, 0.3) is 0 Å². The van der Waals surface area contributed by atoms with Gasteiger partial charge < -0.3 is 0 Å². The molecule has 0 fully saturated rings. The van der Waals surface area contributed by atoms with E-state index in [1.807, 2.05) is 0 Å². The Morgan fingerprint density at radius 1 is 1.00 bits per heavy atom. The lowest BCUT2D eigenvalue weighted by Crippen LogP contribution is -2.23. The second kappa shape index (κ2) is 8.77. The zero-order valence-electron chi connectivity index (χ0n) is 6.83. The molecule has 3 heteroatoms. The zero-order valence-corrected chi connectivity index (χ0v) is 12.1. The Bertz CT molecular complexity index is 57.1. The average Bonchev–Trinajstić information content (AvgIpc) is 1.69. The predicted octanol–water partition coefficient (Wildman–Crippen LogP) is 5.14. The van der Waals surface area contributed by atoms with Crippen LogP contribution < -0.4 is 0 Å². The maximum absolute atomic E-state index is 2.40. The molecule has 0 nitrogen and oxygen atoms in total. The highest BCUT2D eigenvalue weighted by molar-refractivity contribution is 15.0. The fourth-order valence-corrected chi connectivity index (χ4v) is 0. The van der Waals surface area contributed by atoms with Crippen molar-refractivity contribution in [1.29, 1.82) is 0 Å². The first-order valence-electron chi connectivity index (χ1n) is 3.09. The van der Waals surface area contributed by atoms with Crippen LogP contribution in [0, 0.1) is 0 Å². The van der Waals surface area contributed by atoms with Crippen LogP contribution in [-0.2, 0) is 0 Å². The molecule has 0 rings (SSSR count). The van der Waals surface area contributed by atoms with Gasteiger partial charge in [-0.25, -0.2) is 0 Å². The minimum atomic E-state index is -0.735. The van der Waals surface area contributed by atoms with Crippen molar-refractivity contribution >= 4 is 45.3 Å². The van der Waals surface area contributed by atoms with Crippen molar-refractivity contribution in [1.82, 2.24) is 0 Å². The maximum atomic E-state index is 2.40. The third-order valence-corrected chi connectivity index (χ3v) is 5.20. The molecular formula is C7H20I2Si. The molecule has 0 saturated carbocycles. The Kier molecular flexibility index (Phi) is 15.5. The molecule has 0 aliphatic carbocycles. The second-order valence-corrected chi connectivity index (χ2v) is 9.41. The van der Waals surface area contributed by atoms with Gasteiger partial charge >= 0.3 is 0 Å². The Morgan fingerprint density at radius 2 is 1.10 bits per heavy atom. The number of rotatable bonds is 1. The monoisotopic (exact) mass is 386 g/mol. The molecule has 10 heavy (non-hydrogen) atoms. The largest absolute Gasteiger partial charge is 0.0776 e. The van der Waals surface area contributed by atoms with Gasteiger partial charge in [0.2, 0.25) is 0 Å². The molecular weight excluding hydrogens is 366 g/mol. The van der Waals surface area contributed by atoms with Gasteiger partial charge in [-0.3, -0.25) is 0 Å². The van der Waals surface area contributed by atoms with E-state index in [2.05, 4.69) is 70.7 Å². The molecule has 0 aromatic carbocycles. The molecule has 0 spiro atoms. The van der Waals surface area contributed by atoms with Crippen LogP contribution in [0.1, 0.15) is 21.3 Å². The Hall–Kier alpha value is 1.68. The van der Waals surface area contributed by atoms with Crippen LogP contribution in [0.15, 0.2) is 0 Å². The first-order chi connectivity index (χ1) is 3.94. The van der Waals surface area contributed by atoms with E-state index >= 15 is 0 Å². The van der Waals surface area contributed by atoms with Crippen molar-refractivity contribution < 1.29 is 0 Å². The van der Waals surface area contributed by atoms with E-state index in [0.717, 1.165) is 5.54 Å². The summed E-state index contributed by atoms with van der Waals surface area (Å²) in [6.07, 6.45) is 0. The van der Waals surface area contributed by atoms with Crippen molar-refractivity contribution in [3.8, 4) is 0 Å². The highest BCUT2D eigenvalue weighted by Crippen LogP contribution is 2.18. The molecule has 0 radical (unpaired) electrons. The first kappa shape index (κ1) is 17.7. The number of hydrogen-bond donors (Lipinski definition) is 0. The fraction of sp³-hybridized carbons (Fsp3) is 1.00. The third kappa shape index (κ3) is 12.4. The smallest absolute Gasteiger partial charge is 0.0468 e. The van der Waals surface area contributed by atoms with Crippen molar-refractivity contribution in [3.05, 3.63) is 0 Å². The normalized spacial score (nSPS) is 9.60. The molecule has 0 unspecified atom stereocenters. The van der Waals surface area contributed by atoms with Crippen LogP contribution in [0.2, 0.25) is 25.2 Å². The van der Waals surface area contributed by atoms with Gasteiger partial charge in [-0.15, -0.1) is 0 Å². The molecule has 0 heterocycles. The van der Waals surface area contributed by atoms with E-state index < -0.39 is 8.07 Å². The summed E-state index contributed by atoms with van der Waals surface area (Å²) >= 11 is 4.24. The molecule has 0 saturated heterocycles. The molecule has 0 bridgehead atoms. The van der Waals surface area contributed by atoms with Crippen LogP contribution in [-0.4, -0.2) is 8.07 Å². The Morgan fingerprint density at radius 3 is 1.10 bits per heavy atom. The molecule has 0 amide bonds. The second-order valence-electron chi connectivity index (χ2n) is 3.52. The lowest BCUT2D eigenvalue weighted by molar-refractivity contribution is 1.01. The van der Waals surface area contributed by atoms with Gasteiger partial charge in [-0.2, -0.15) is 0 Å². The third-order valence-electron chi connectivity index (χ3n) is 1.73. The van der Waals surface area contributed by atoms with Crippen molar-refractivity contribution in [2.24, 2.45) is 0 Å².